The van der Waals surface area contributed by atoms with Crippen molar-refractivity contribution in [3.63, 3.8) is 0 Å². The van der Waals surface area contributed by atoms with Crippen molar-refractivity contribution < 1.29 is 33.4 Å². The van der Waals surface area contributed by atoms with Gasteiger partial charge in [-0.3, -0.25) is 14.5 Å². The Morgan fingerprint density at radius 2 is 1.97 bits per heavy atom. The van der Waals surface area contributed by atoms with Crippen molar-refractivity contribution in [3.8, 4) is 17.4 Å². The van der Waals surface area contributed by atoms with Gasteiger partial charge >= 0.3 is 0 Å². The number of para-hydroxylation sites is 1. The van der Waals surface area contributed by atoms with Gasteiger partial charge in [0.15, 0.2) is 18.2 Å². The average Bonchev–Trinajstić information content (AvgIpc) is 3.35. The van der Waals surface area contributed by atoms with Crippen molar-refractivity contribution in [1.82, 2.24) is 5.27 Å². The minimum Gasteiger partial charge on any atom is -0.539 e. The summed E-state index contributed by atoms with van der Waals surface area (Å²) >= 11 is 1.04. The number of benzene rings is 2. The Morgan fingerprint density at radius 1 is 1.21 bits per heavy atom. The van der Waals surface area contributed by atoms with E-state index in [4.69, 9.17) is 9.47 Å². The molecule has 0 aliphatic carbocycles. The van der Waals surface area contributed by atoms with Crippen molar-refractivity contribution in [1.29, 1.82) is 0 Å². The Balaban J connectivity index is 1.67. The lowest BCUT2D eigenvalue weighted by molar-refractivity contribution is -0.741. The van der Waals surface area contributed by atoms with Gasteiger partial charge in [-0.1, -0.05) is 34.6 Å². The molecule has 0 atom stereocenters. The Kier molecular flexibility index (Phi) is 6.64. The Bertz CT molecular complexity index is 1280. The van der Waals surface area contributed by atoms with Crippen LogP contribution in [-0.2, 0) is 11.8 Å². The number of amidine groups is 1. The van der Waals surface area contributed by atoms with Gasteiger partial charge in [-0.2, -0.15) is 0 Å². The third-order valence-electron chi connectivity index (χ3n) is 4.94. The van der Waals surface area contributed by atoms with Gasteiger partial charge in [0, 0.05) is 11.6 Å². The van der Waals surface area contributed by atoms with Crippen LogP contribution in [0.15, 0.2) is 63.7 Å². The summed E-state index contributed by atoms with van der Waals surface area (Å²) in [7, 11) is 4.52. The van der Waals surface area contributed by atoms with E-state index in [2.05, 4.69) is 14.8 Å². The number of aromatic nitrogens is 2. The number of Topliss-reactive ketones (excluding diaryl/α,β-unsaturated/α-hetero) is 1. The number of nitrogens with zero attached hydrogens (tertiary/aromatic N) is 4. The number of ether oxygens (including phenoxy) is 2. The van der Waals surface area contributed by atoms with E-state index in [1.807, 2.05) is 6.07 Å². The first kappa shape index (κ1) is 23.1. The Morgan fingerprint density at radius 3 is 2.62 bits per heavy atom. The summed E-state index contributed by atoms with van der Waals surface area (Å²) in [4.78, 5) is 31.8. The molecule has 1 aliphatic heterocycles. The zero-order valence-corrected chi connectivity index (χ0v) is 19.4. The molecule has 0 saturated heterocycles. The van der Waals surface area contributed by atoms with Crippen LogP contribution < -0.4 is 24.2 Å². The Labute approximate surface area is 199 Å². The third kappa shape index (κ3) is 4.50. The Hall–Kier alpha value is -4.12. The first-order chi connectivity index (χ1) is 16.4. The van der Waals surface area contributed by atoms with Gasteiger partial charge in [0.25, 0.3) is 11.6 Å². The molecular formula is C23H20N4O6S. The molecule has 0 N–H and O–H groups in total. The lowest BCUT2D eigenvalue weighted by atomic mass is 10.1. The number of methoxy groups -OCH3 is 2. The smallest absolute Gasteiger partial charge is 0.300 e. The fraction of sp³-hybridized carbons (Fsp3) is 0.174. The second kappa shape index (κ2) is 9.79. The molecule has 3 aromatic rings. The molecule has 11 heteroatoms. The molecule has 1 amide bonds. The summed E-state index contributed by atoms with van der Waals surface area (Å²) in [6.07, 6.45) is 1.61. The first-order valence-electron chi connectivity index (χ1n) is 10.0. The maximum Gasteiger partial charge on any atom is 0.300 e. The summed E-state index contributed by atoms with van der Waals surface area (Å²) in [6.45, 7) is 0. The highest BCUT2D eigenvalue weighted by molar-refractivity contribution is 8.14. The predicted octanol–water partition coefficient (Wildman–Crippen LogP) is 1.95. The van der Waals surface area contributed by atoms with Crippen LogP contribution in [0.25, 0.3) is 6.08 Å². The summed E-state index contributed by atoms with van der Waals surface area (Å²) in [5.74, 6) is -0.681. The number of aliphatic imine (C=N–C) groups is 1. The topological polar surface area (TPSA) is 121 Å². The van der Waals surface area contributed by atoms with Crippen LogP contribution in [0.2, 0.25) is 0 Å². The molecule has 1 aromatic heterocycles. The van der Waals surface area contributed by atoms with E-state index in [1.165, 1.54) is 19.1 Å². The number of thioether (sulfide) groups is 1. The van der Waals surface area contributed by atoms with Crippen molar-refractivity contribution in [2.75, 3.05) is 24.9 Å². The number of hydrogen-bond acceptors (Lipinski definition) is 9. The average molecular weight is 481 g/mol. The van der Waals surface area contributed by atoms with Gasteiger partial charge in [0.05, 0.1) is 30.9 Å². The lowest BCUT2D eigenvalue weighted by Gasteiger charge is -2.17. The molecule has 0 radical (unpaired) electrons. The van der Waals surface area contributed by atoms with Gasteiger partial charge in [0.1, 0.15) is 17.2 Å². The van der Waals surface area contributed by atoms with E-state index in [0.29, 0.717) is 27.9 Å². The second-order valence-corrected chi connectivity index (χ2v) is 7.99. The van der Waals surface area contributed by atoms with Crippen molar-refractivity contribution in [3.05, 3.63) is 65.5 Å². The van der Waals surface area contributed by atoms with E-state index >= 15 is 0 Å². The zero-order chi connectivity index (χ0) is 24.2. The molecule has 174 valence electrons. The van der Waals surface area contributed by atoms with Crippen LogP contribution in [0.3, 0.4) is 0 Å². The largest absolute Gasteiger partial charge is 0.539 e. The molecule has 0 fully saturated rings. The van der Waals surface area contributed by atoms with E-state index in [0.717, 1.165) is 16.4 Å². The van der Waals surface area contributed by atoms with Crippen molar-refractivity contribution in [2.45, 2.75) is 0 Å². The predicted molar refractivity (Wildman–Crippen MR) is 123 cm³/mol. The van der Waals surface area contributed by atoms with Crippen LogP contribution in [0.5, 0.6) is 17.4 Å². The molecule has 34 heavy (non-hydrogen) atoms. The van der Waals surface area contributed by atoms with Gasteiger partial charge < -0.3 is 19.1 Å². The van der Waals surface area contributed by atoms with E-state index < -0.39 is 11.7 Å². The molecule has 2 aromatic carbocycles. The van der Waals surface area contributed by atoms with E-state index in [1.54, 1.807) is 55.7 Å². The monoisotopic (exact) mass is 480 g/mol. The minimum absolute atomic E-state index is 0.140. The van der Waals surface area contributed by atoms with Crippen LogP contribution in [-0.4, -0.2) is 42.1 Å². The number of amides is 1. The highest BCUT2D eigenvalue weighted by Gasteiger charge is 2.33. The molecular weight excluding hydrogens is 460 g/mol. The van der Waals surface area contributed by atoms with Crippen LogP contribution >= 0.6 is 11.8 Å². The van der Waals surface area contributed by atoms with Crippen LogP contribution in [0.1, 0.15) is 16.1 Å². The number of rotatable bonds is 7. The number of aryl methyl sites for hydroxylation is 1. The summed E-state index contributed by atoms with van der Waals surface area (Å²) in [5.41, 5.74) is 1.22. The van der Waals surface area contributed by atoms with E-state index in [9.17, 15) is 14.7 Å². The standard InChI is InChI=1S/C23H20N4O6S/c1-26-20(22(30)33-25-26)18(28)13-34-23-24-17(21(29)27(23)15-7-5-4-6-8-15)11-14-9-10-16(31-2)12-19(14)32-3/h4-12H,13H2,1-3H3/b17-11+. The van der Waals surface area contributed by atoms with Gasteiger partial charge in [-0.15, -0.1) is 0 Å². The number of carbonyl (C=O) groups is 2. The second-order valence-electron chi connectivity index (χ2n) is 7.05. The highest BCUT2D eigenvalue weighted by atomic mass is 32.2. The molecule has 0 bridgehead atoms. The van der Waals surface area contributed by atoms with Crippen molar-refractivity contribution in [2.24, 2.45) is 12.0 Å². The quantitative estimate of drug-likeness (QED) is 0.286. The normalized spacial score (nSPS) is 14.4. The fourth-order valence-corrected chi connectivity index (χ4v) is 4.17. The van der Waals surface area contributed by atoms with Gasteiger partial charge in [0.2, 0.25) is 5.78 Å². The maximum absolute atomic E-state index is 13.3. The lowest BCUT2D eigenvalue weighted by Crippen LogP contribution is -2.38. The third-order valence-corrected chi connectivity index (χ3v) is 5.88. The summed E-state index contributed by atoms with van der Waals surface area (Å²) in [5, 5.41) is 15.5. The molecule has 2 heterocycles. The molecule has 4 rings (SSSR count). The maximum atomic E-state index is 13.3. The summed E-state index contributed by atoms with van der Waals surface area (Å²) < 4.78 is 16.2. The number of ketones is 1. The first-order valence-corrected chi connectivity index (χ1v) is 11.0. The zero-order valence-electron chi connectivity index (χ0n) is 18.5. The SMILES string of the molecule is COc1ccc(/C=C2/N=C(SCC(=O)c3c([O-])on[n+]3C)N(c3ccccc3)C2=O)c(OC)c1. The van der Waals surface area contributed by atoms with Crippen LogP contribution in [0.4, 0.5) is 5.69 Å². The minimum atomic E-state index is -0.815. The molecule has 1 aliphatic rings. The summed E-state index contributed by atoms with van der Waals surface area (Å²) in [6, 6.07) is 14.2. The number of carbonyl (C=O) groups excluding carboxylic acids is 2. The molecule has 10 nitrogen and oxygen atoms in total. The van der Waals surface area contributed by atoms with Gasteiger partial charge in [-0.25, -0.2) is 4.99 Å². The molecule has 0 unspecified atom stereocenters. The fourth-order valence-electron chi connectivity index (χ4n) is 3.29. The number of anilines is 1. The van der Waals surface area contributed by atoms with Crippen molar-refractivity contribution >= 4 is 40.4 Å². The molecule has 0 spiro atoms. The number of hydrogen-bond donors (Lipinski definition) is 0. The van der Waals surface area contributed by atoms with Crippen LogP contribution in [0, 0.1) is 0 Å². The highest BCUT2D eigenvalue weighted by Crippen LogP contribution is 2.32. The van der Waals surface area contributed by atoms with Gasteiger partial charge in [-0.05, 0) is 30.3 Å². The van der Waals surface area contributed by atoms with E-state index in [-0.39, 0.29) is 23.1 Å². The molecule has 0 saturated carbocycles.